The zero-order valence-electron chi connectivity index (χ0n) is 14.8. The van der Waals surface area contributed by atoms with Crippen LogP contribution in [0.3, 0.4) is 0 Å². The standard InChI is InChI=1S/C18H24N4O3/c1-14-11-15(20-25-14)12-21-7-9-22(10-8-21)13-18(23)19-16-5-3-4-6-17(16)24-2/h3-6,11H,7-10,12-13H2,1-2H3,(H,19,23)/p+2. The minimum absolute atomic E-state index is 0.0232. The molecule has 1 aromatic carbocycles. The Morgan fingerprint density at radius 2 is 1.96 bits per heavy atom. The molecular formula is C18H26N4O3+2. The van der Waals surface area contributed by atoms with Crippen molar-refractivity contribution in [3.63, 3.8) is 0 Å². The molecule has 3 N–H and O–H groups in total. The molecule has 0 atom stereocenters. The van der Waals surface area contributed by atoms with Gasteiger partial charge in [0.2, 0.25) is 0 Å². The molecule has 3 rings (SSSR count). The van der Waals surface area contributed by atoms with E-state index in [4.69, 9.17) is 9.26 Å². The van der Waals surface area contributed by atoms with Gasteiger partial charge in [0, 0.05) is 6.07 Å². The van der Waals surface area contributed by atoms with Crippen LogP contribution in [-0.2, 0) is 11.3 Å². The Hall–Kier alpha value is -2.38. The first kappa shape index (κ1) is 17.4. The topological polar surface area (TPSA) is 73.2 Å². The van der Waals surface area contributed by atoms with Gasteiger partial charge in [-0.25, -0.2) is 0 Å². The Balaban J connectivity index is 1.44. The minimum Gasteiger partial charge on any atom is -0.495 e. The first-order valence-electron chi connectivity index (χ1n) is 8.66. The molecule has 2 aromatic rings. The number of hydrogen-bond acceptors (Lipinski definition) is 4. The average Bonchev–Trinajstić information content (AvgIpc) is 3.02. The molecular weight excluding hydrogens is 320 g/mol. The number of quaternary nitrogens is 2. The number of carbonyl (C=O) groups excluding carboxylic acids is 1. The molecule has 0 spiro atoms. The Morgan fingerprint density at radius 1 is 1.24 bits per heavy atom. The maximum Gasteiger partial charge on any atom is 0.279 e. The fourth-order valence-electron chi connectivity index (χ4n) is 3.24. The van der Waals surface area contributed by atoms with Crippen LogP contribution in [0.4, 0.5) is 5.69 Å². The number of nitrogens with one attached hydrogen (secondary N) is 3. The fourth-order valence-corrected chi connectivity index (χ4v) is 3.24. The molecule has 0 bridgehead atoms. The van der Waals surface area contributed by atoms with Crippen molar-refractivity contribution in [2.75, 3.05) is 45.2 Å². The Bertz CT molecular complexity index is 708. The number of para-hydroxylation sites is 2. The summed E-state index contributed by atoms with van der Waals surface area (Å²) in [5.41, 5.74) is 1.73. The number of aryl methyl sites for hydroxylation is 1. The summed E-state index contributed by atoms with van der Waals surface area (Å²) in [6.07, 6.45) is 0. The highest BCUT2D eigenvalue weighted by Gasteiger charge is 2.25. The van der Waals surface area contributed by atoms with Crippen LogP contribution in [-0.4, -0.2) is 50.9 Å². The first-order chi connectivity index (χ1) is 12.1. The largest absolute Gasteiger partial charge is 0.495 e. The predicted molar refractivity (Wildman–Crippen MR) is 92.8 cm³/mol. The van der Waals surface area contributed by atoms with E-state index >= 15 is 0 Å². The third-order valence-electron chi connectivity index (χ3n) is 4.56. The SMILES string of the molecule is COc1ccccc1NC(=O)C[NH+]1CC[NH+](Cc2cc(C)on2)CC1. The van der Waals surface area contributed by atoms with Gasteiger partial charge >= 0.3 is 0 Å². The molecule has 7 nitrogen and oxygen atoms in total. The van der Waals surface area contributed by atoms with Crippen LogP contribution >= 0.6 is 0 Å². The van der Waals surface area contributed by atoms with Crippen molar-refractivity contribution in [2.45, 2.75) is 13.5 Å². The molecule has 1 saturated heterocycles. The lowest BCUT2D eigenvalue weighted by Crippen LogP contribution is -3.28. The first-order valence-corrected chi connectivity index (χ1v) is 8.66. The van der Waals surface area contributed by atoms with E-state index in [2.05, 4.69) is 10.5 Å². The smallest absolute Gasteiger partial charge is 0.279 e. The van der Waals surface area contributed by atoms with Crippen LogP contribution in [0.1, 0.15) is 11.5 Å². The van der Waals surface area contributed by atoms with Crippen molar-refractivity contribution < 1.29 is 23.9 Å². The van der Waals surface area contributed by atoms with Gasteiger partial charge in [0.1, 0.15) is 49.9 Å². The molecule has 25 heavy (non-hydrogen) atoms. The summed E-state index contributed by atoms with van der Waals surface area (Å²) in [5, 5.41) is 7.01. The molecule has 0 radical (unpaired) electrons. The molecule has 1 aliphatic rings. The van der Waals surface area contributed by atoms with E-state index in [1.165, 1.54) is 9.80 Å². The van der Waals surface area contributed by atoms with Gasteiger partial charge in [-0.3, -0.25) is 4.79 Å². The molecule has 1 amide bonds. The molecule has 2 heterocycles. The molecule has 134 valence electrons. The van der Waals surface area contributed by atoms with Crippen LogP contribution in [0.15, 0.2) is 34.9 Å². The lowest BCUT2D eigenvalue weighted by Gasteiger charge is -2.28. The van der Waals surface area contributed by atoms with Crippen LogP contribution in [0.2, 0.25) is 0 Å². The van der Waals surface area contributed by atoms with Crippen LogP contribution in [0.5, 0.6) is 5.75 Å². The Kier molecular flexibility index (Phi) is 5.67. The van der Waals surface area contributed by atoms with E-state index in [-0.39, 0.29) is 5.91 Å². The minimum atomic E-state index is 0.0232. The second-order valence-electron chi connectivity index (χ2n) is 6.53. The van der Waals surface area contributed by atoms with Gasteiger partial charge < -0.3 is 24.4 Å². The van der Waals surface area contributed by atoms with Crippen molar-refractivity contribution in [3.8, 4) is 5.75 Å². The monoisotopic (exact) mass is 346 g/mol. The van der Waals surface area contributed by atoms with Crippen LogP contribution in [0.25, 0.3) is 0 Å². The summed E-state index contributed by atoms with van der Waals surface area (Å²) in [4.78, 5) is 15.1. The van der Waals surface area contributed by atoms with E-state index in [1.54, 1.807) is 7.11 Å². The number of ether oxygens (including phenoxy) is 1. The fraction of sp³-hybridized carbons (Fsp3) is 0.444. The van der Waals surface area contributed by atoms with Crippen LogP contribution < -0.4 is 19.9 Å². The maximum atomic E-state index is 12.3. The third kappa shape index (κ3) is 4.80. The van der Waals surface area contributed by atoms with E-state index in [1.807, 2.05) is 37.3 Å². The summed E-state index contributed by atoms with van der Waals surface area (Å²) in [7, 11) is 1.61. The number of anilines is 1. The number of piperazine rings is 1. The van der Waals surface area contributed by atoms with Crippen molar-refractivity contribution in [2.24, 2.45) is 0 Å². The zero-order valence-corrected chi connectivity index (χ0v) is 14.8. The zero-order chi connectivity index (χ0) is 17.6. The summed E-state index contributed by atoms with van der Waals surface area (Å²) in [6, 6.07) is 9.47. The van der Waals surface area contributed by atoms with E-state index in [9.17, 15) is 4.79 Å². The lowest BCUT2D eigenvalue weighted by atomic mass is 10.2. The van der Waals surface area contributed by atoms with Gasteiger partial charge in [-0.2, -0.15) is 0 Å². The van der Waals surface area contributed by atoms with Gasteiger partial charge in [-0.05, 0) is 19.1 Å². The molecule has 7 heteroatoms. The van der Waals surface area contributed by atoms with Crippen molar-refractivity contribution in [3.05, 3.63) is 41.8 Å². The summed E-state index contributed by atoms with van der Waals surface area (Å²) < 4.78 is 10.4. The number of methoxy groups -OCH3 is 1. The number of carbonyl (C=O) groups is 1. The third-order valence-corrected chi connectivity index (χ3v) is 4.56. The predicted octanol–water partition coefficient (Wildman–Crippen LogP) is -1.09. The number of amides is 1. The number of hydrogen-bond donors (Lipinski definition) is 3. The quantitative estimate of drug-likeness (QED) is 0.622. The van der Waals surface area contributed by atoms with Crippen LogP contribution in [0, 0.1) is 6.92 Å². The average molecular weight is 346 g/mol. The number of benzene rings is 1. The van der Waals surface area contributed by atoms with E-state index in [0.29, 0.717) is 12.3 Å². The highest BCUT2D eigenvalue weighted by molar-refractivity contribution is 5.92. The van der Waals surface area contributed by atoms with Crippen molar-refractivity contribution >= 4 is 11.6 Å². The summed E-state index contributed by atoms with van der Waals surface area (Å²) >= 11 is 0. The second-order valence-corrected chi connectivity index (χ2v) is 6.53. The summed E-state index contributed by atoms with van der Waals surface area (Å²) in [5.74, 6) is 1.56. The Morgan fingerprint density at radius 3 is 2.64 bits per heavy atom. The number of nitrogens with zero attached hydrogens (tertiary/aromatic N) is 1. The number of rotatable bonds is 6. The van der Waals surface area contributed by atoms with Crippen molar-refractivity contribution in [1.29, 1.82) is 0 Å². The van der Waals surface area contributed by atoms with Gasteiger partial charge in [-0.15, -0.1) is 0 Å². The van der Waals surface area contributed by atoms with Gasteiger partial charge in [0.15, 0.2) is 6.54 Å². The normalized spacial score (nSPS) is 20.2. The number of aromatic nitrogens is 1. The van der Waals surface area contributed by atoms with Gasteiger partial charge in [0.05, 0.1) is 12.8 Å². The maximum absolute atomic E-state index is 12.3. The summed E-state index contributed by atoms with van der Waals surface area (Å²) in [6.45, 7) is 7.30. The van der Waals surface area contributed by atoms with E-state index < -0.39 is 0 Å². The van der Waals surface area contributed by atoms with E-state index in [0.717, 1.165) is 49.9 Å². The van der Waals surface area contributed by atoms with Gasteiger partial charge in [0.25, 0.3) is 5.91 Å². The van der Waals surface area contributed by atoms with Gasteiger partial charge in [-0.1, -0.05) is 17.3 Å². The highest BCUT2D eigenvalue weighted by atomic mass is 16.5. The van der Waals surface area contributed by atoms with Crippen molar-refractivity contribution in [1.82, 2.24) is 5.16 Å². The lowest BCUT2D eigenvalue weighted by molar-refractivity contribution is -1.02. The molecule has 0 aliphatic carbocycles. The Labute approximate surface area is 147 Å². The second kappa shape index (κ2) is 8.13. The molecule has 1 aromatic heterocycles. The molecule has 0 saturated carbocycles. The molecule has 1 fully saturated rings. The molecule has 1 aliphatic heterocycles. The molecule has 0 unspecified atom stereocenters. The highest BCUT2D eigenvalue weighted by Crippen LogP contribution is 2.22.